The minimum atomic E-state index is 0.438. The van der Waals surface area contributed by atoms with Gasteiger partial charge in [-0.05, 0) is 49.1 Å². The molecule has 2 rings (SSSR count). The molecule has 0 unspecified atom stereocenters. The molecule has 2 nitrogen and oxygen atoms in total. The summed E-state index contributed by atoms with van der Waals surface area (Å²) < 4.78 is 0. The van der Waals surface area contributed by atoms with Crippen molar-refractivity contribution >= 4 is 0 Å². The van der Waals surface area contributed by atoms with E-state index in [4.69, 9.17) is 5.73 Å². The Labute approximate surface area is 117 Å². The summed E-state index contributed by atoms with van der Waals surface area (Å²) in [5, 5.41) is 3.66. The van der Waals surface area contributed by atoms with Gasteiger partial charge >= 0.3 is 0 Å². The highest BCUT2D eigenvalue weighted by Crippen LogP contribution is 2.17. The lowest BCUT2D eigenvalue weighted by Crippen LogP contribution is -2.37. The minimum Gasteiger partial charge on any atom is -0.328 e. The smallest absolute Gasteiger partial charge is 0.0208 e. The summed E-state index contributed by atoms with van der Waals surface area (Å²) in [6.45, 7) is 5.52. The zero-order valence-corrected chi connectivity index (χ0v) is 12.4. The van der Waals surface area contributed by atoms with Gasteiger partial charge in [-0.1, -0.05) is 38.1 Å². The molecule has 0 radical (unpaired) electrons. The SMILES string of the molecule is CC(C)Cc1ccc(CNC2CCC(N)CC2)cc1. The number of hydrogen-bond acceptors (Lipinski definition) is 2. The van der Waals surface area contributed by atoms with E-state index in [1.165, 1.54) is 43.2 Å². The summed E-state index contributed by atoms with van der Waals surface area (Å²) in [5.74, 6) is 0.732. The van der Waals surface area contributed by atoms with Gasteiger partial charge in [0.05, 0.1) is 0 Å². The molecule has 0 aliphatic heterocycles. The Morgan fingerprint density at radius 1 is 1.05 bits per heavy atom. The maximum absolute atomic E-state index is 5.93. The molecule has 2 heteroatoms. The highest BCUT2D eigenvalue weighted by atomic mass is 14.9. The molecule has 106 valence electrons. The second kappa shape index (κ2) is 7.06. The average Bonchev–Trinajstić information content (AvgIpc) is 2.39. The van der Waals surface area contributed by atoms with E-state index in [0.29, 0.717) is 12.1 Å². The van der Waals surface area contributed by atoms with Gasteiger partial charge in [0.2, 0.25) is 0 Å². The van der Waals surface area contributed by atoms with Crippen LogP contribution >= 0.6 is 0 Å². The third-order valence-corrected chi connectivity index (χ3v) is 4.03. The molecule has 19 heavy (non-hydrogen) atoms. The van der Waals surface area contributed by atoms with E-state index in [1.807, 2.05) is 0 Å². The topological polar surface area (TPSA) is 38.0 Å². The predicted molar refractivity (Wildman–Crippen MR) is 82.1 cm³/mol. The summed E-state index contributed by atoms with van der Waals surface area (Å²) in [5.41, 5.74) is 8.77. The van der Waals surface area contributed by atoms with E-state index in [0.717, 1.165) is 12.5 Å². The van der Waals surface area contributed by atoms with Crippen LogP contribution in [0, 0.1) is 5.92 Å². The van der Waals surface area contributed by atoms with Gasteiger partial charge in [-0.3, -0.25) is 0 Å². The van der Waals surface area contributed by atoms with Gasteiger partial charge in [0, 0.05) is 18.6 Å². The molecule has 3 N–H and O–H groups in total. The van der Waals surface area contributed by atoms with Crippen LogP contribution in [0.15, 0.2) is 24.3 Å². The third kappa shape index (κ3) is 4.96. The number of benzene rings is 1. The van der Waals surface area contributed by atoms with Crippen molar-refractivity contribution in [3.05, 3.63) is 35.4 Å². The molecule has 0 aromatic heterocycles. The van der Waals surface area contributed by atoms with E-state index in [1.54, 1.807) is 0 Å². The Morgan fingerprint density at radius 2 is 1.63 bits per heavy atom. The van der Waals surface area contributed by atoms with Crippen molar-refractivity contribution < 1.29 is 0 Å². The maximum Gasteiger partial charge on any atom is 0.0208 e. The summed E-state index contributed by atoms with van der Waals surface area (Å²) in [6.07, 6.45) is 5.98. The summed E-state index contributed by atoms with van der Waals surface area (Å²) >= 11 is 0. The van der Waals surface area contributed by atoms with Crippen LogP contribution in [0.1, 0.15) is 50.7 Å². The van der Waals surface area contributed by atoms with E-state index >= 15 is 0 Å². The van der Waals surface area contributed by atoms with Crippen molar-refractivity contribution in [3.63, 3.8) is 0 Å². The van der Waals surface area contributed by atoms with Crippen LogP contribution in [0.25, 0.3) is 0 Å². The van der Waals surface area contributed by atoms with E-state index < -0.39 is 0 Å². The lowest BCUT2D eigenvalue weighted by atomic mass is 9.91. The average molecular weight is 260 g/mol. The van der Waals surface area contributed by atoms with E-state index in [9.17, 15) is 0 Å². The highest BCUT2D eigenvalue weighted by Gasteiger charge is 2.17. The molecule has 1 saturated carbocycles. The molecule has 0 atom stereocenters. The van der Waals surface area contributed by atoms with Gasteiger partial charge < -0.3 is 11.1 Å². The first kappa shape index (κ1) is 14.5. The molecule has 0 spiro atoms. The Kier molecular flexibility index (Phi) is 5.41. The molecular weight excluding hydrogens is 232 g/mol. The summed E-state index contributed by atoms with van der Waals surface area (Å²) in [6, 6.07) is 10.2. The number of rotatable bonds is 5. The van der Waals surface area contributed by atoms with Crippen LogP contribution in [0.3, 0.4) is 0 Å². The largest absolute Gasteiger partial charge is 0.328 e. The Hall–Kier alpha value is -0.860. The standard InChI is InChI=1S/C17H28N2/c1-13(2)11-14-3-5-15(6-4-14)12-19-17-9-7-16(18)8-10-17/h3-6,13,16-17,19H,7-12,18H2,1-2H3. The first-order chi connectivity index (χ1) is 9.13. The van der Waals surface area contributed by atoms with E-state index in [2.05, 4.69) is 43.4 Å². The van der Waals surface area contributed by atoms with Crippen molar-refractivity contribution in [1.29, 1.82) is 0 Å². The molecule has 1 fully saturated rings. The number of nitrogens with two attached hydrogens (primary N) is 1. The van der Waals surface area contributed by atoms with Gasteiger partial charge in [-0.15, -0.1) is 0 Å². The van der Waals surface area contributed by atoms with Gasteiger partial charge in [0.1, 0.15) is 0 Å². The predicted octanol–water partition coefficient (Wildman–Crippen LogP) is 3.24. The van der Waals surface area contributed by atoms with Crippen molar-refractivity contribution in [2.24, 2.45) is 11.7 Å². The molecule has 1 aromatic carbocycles. The van der Waals surface area contributed by atoms with Crippen molar-refractivity contribution in [2.75, 3.05) is 0 Å². The van der Waals surface area contributed by atoms with Gasteiger partial charge in [0.15, 0.2) is 0 Å². The fraction of sp³-hybridized carbons (Fsp3) is 0.647. The minimum absolute atomic E-state index is 0.438. The Bertz CT molecular complexity index is 361. The maximum atomic E-state index is 5.93. The van der Waals surface area contributed by atoms with Crippen LogP contribution in [0.2, 0.25) is 0 Å². The molecular formula is C17H28N2. The lowest BCUT2D eigenvalue weighted by Gasteiger charge is -2.27. The van der Waals surface area contributed by atoms with Crippen LogP contribution in [-0.4, -0.2) is 12.1 Å². The van der Waals surface area contributed by atoms with E-state index in [-0.39, 0.29) is 0 Å². The molecule has 1 aliphatic carbocycles. The van der Waals surface area contributed by atoms with Crippen LogP contribution < -0.4 is 11.1 Å². The lowest BCUT2D eigenvalue weighted by molar-refractivity contribution is 0.342. The zero-order chi connectivity index (χ0) is 13.7. The Morgan fingerprint density at radius 3 is 2.21 bits per heavy atom. The van der Waals surface area contributed by atoms with Gasteiger partial charge in [-0.2, -0.15) is 0 Å². The monoisotopic (exact) mass is 260 g/mol. The first-order valence-corrected chi connectivity index (χ1v) is 7.70. The van der Waals surface area contributed by atoms with Crippen molar-refractivity contribution in [3.8, 4) is 0 Å². The highest BCUT2D eigenvalue weighted by molar-refractivity contribution is 5.22. The van der Waals surface area contributed by atoms with Gasteiger partial charge in [0.25, 0.3) is 0 Å². The molecule has 0 amide bonds. The fourth-order valence-corrected chi connectivity index (χ4v) is 2.85. The zero-order valence-electron chi connectivity index (χ0n) is 12.4. The normalized spacial score (nSPS) is 23.8. The second-order valence-electron chi connectivity index (χ2n) is 6.41. The van der Waals surface area contributed by atoms with Crippen LogP contribution in [0.4, 0.5) is 0 Å². The second-order valence-corrected chi connectivity index (χ2v) is 6.41. The third-order valence-electron chi connectivity index (χ3n) is 4.03. The molecule has 0 heterocycles. The van der Waals surface area contributed by atoms with Crippen LogP contribution in [-0.2, 0) is 13.0 Å². The Balaban J connectivity index is 1.76. The van der Waals surface area contributed by atoms with Crippen molar-refractivity contribution in [2.45, 2.75) is 64.6 Å². The number of hydrogen-bond donors (Lipinski definition) is 2. The molecule has 1 aliphatic rings. The molecule has 0 bridgehead atoms. The molecule has 0 saturated heterocycles. The quantitative estimate of drug-likeness (QED) is 0.853. The summed E-state index contributed by atoms with van der Waals surface area (Å²) in [4.78, 5) is 0. The fourth-order valence-electron chi connectivity index (χ4n) is 2.85. The van der Waals surface area contributed by atoms with Crippen molar-refractivity contribution in [1.82, 2.24) is 5.32 Å². The molecule has 1 aromatic rings. The number of nitrogens with one attached hydrogen (secondary N) is 1. The summed E-state index contributed by atoms with van der Waals surface area (Å²) in [7, 11) is 0. The van der Waals surface area contributed by atoms with Gasteiger partial charge in [-0.25, -0.2) is 0 Å². The first-order valence-electron chi connectivity index (χ1n) is 7.70. The van der Waals surface area contributed by atoms with Crippen LogP contribution in [0.5, 0.6) is 0 Å².